The van der Waals surface area contributed by atoms with Crippen molar-refractivity contribution in [1.29, 1.82) is 0 Å². The van der Waals surface area contributed by atoms with Crippen LogP contribution in [0.5, 0.6) is 0 Å². The van der Waals surface area contributed by atoms with E-state index in [1.54, 1.807) is 20.8 Å². The Labute approximate surface area is 180 Å². The van der Waals surface area contributed by atoms with Gasteiger partial charge in [-0.25, -0.2) is 22.4 Å². The topological polar surface area (TPSA) is 49.8 Å². The third kappa shape index (κ3) is 6.98. The van der Waals surface area contributed by atoms with E-state index < -0.39 is 40.6 Å². The third-order valence-corrected chi connectivity index (χ3v) is 4.58. The van der Waals surface area contributed by atoms with Gasteiger partial charge in [0.1, 0.15) is 34.5 Å². The highest BCUT2D eigenvalue weighted by molar-refractivity contribution is 9.10. The Morgan fingerprint density at radius 1 is 1.00 bits per heavy atom. The number of carbonyl (C=O) groups is 1. The second-order valence-electron chi connectivity index (χ2n) is 7.93. The Balaban J connectivity index is 0.000000297. The highest BCUT2D eigenvalue weighted by Gasteiger charge is 2.41. The summed E-state index contributed by atoms with van der Waals surface area (Å²) in [6.07, 6.45) is -0.343. The minimum absolute atomic E-state index is 0.0508. The fourth-order valence-electron chi connectivity index (χ4n) is 2.85. The number of hydrogen-bond donors (Lipinski definition) is 1. The standard InChI is InChI=1S/C15H19F2NO3.C6H3BrF2/c1-14(2,3)21-13(19)18-5-4-15(20,9-18)10-6-11(16)8-12(17)7-10;7-4-1-5(8)3-6(9)2-4/h6-8,20H,4-5,9H2,1-3H3;1-3H. The van der Waals surface area contributed by atoms with Gasteiger partial charge in [0.15, 0.2) is 0 Å². The molecule has 0 saturated carbocycles. The third-order valence-electron chi connectivity index (χ3n) is 4.13. The maximum atomic E-state index is 13.3. The summed E-state index contributed by atoms with van der Waals surface area (Å²) in [6, 6.07) is 6.13. The van der Waals surface area contributed by atoms with Crippen molar-refractivity contribution in [3.63, 3.8) is 0 Å². The van der Waals surface area contributed by atoms with Crippen LogP contribution in [0.25, 0.3) is 0 Å². The van der Waals surface area contributed by atoms with Crippen molar-refractivity contribution in [2.45, 2.75) is 38.4 Å². The Hall–Kier alpha value is -2.13. The minimum atomic E-state index is -1.46. The fraction of sp³-hybridized carbons (Fsp3) is 0.381. The number of β-amino-alcohol motifs (C(OH)–C–C–N with tert-alkyl or cyclic N) is 1. The number of aliphatic hydroxyl groups is 1. The molecule has 164 valence electrons. The zero-order chi connectivity index (χ0) is 22.7. The van der Waals surface area contributed by atoms with Crippen LogP contribution in [0.4, 0.5) is 22.4 Å². The molecular weight excluding hydrogens is 470 g/mol. The number of nitrogens with zero attached hydrogens (tertiary/aromatic N) is 1. The fourth-order valence-corrected chi connectivity index (χ4v) is 3.29. The lowest BCUT2D eigenvalue weighted by Gasteiger charge is -2.26. The normalized spacial score (nSPS) is 18.6. The lowest BCUT2D eigenvalue weighted by molar-refractivity contribution is 0.0138. The molecule has 1 aliphatic rings. The molecule has 9 heteroatoms. The van der Waals surface area contributed by atoms with Crippen molar-refractivity contribution in [1.82, 2.24) is 4.90 Å². The molecule has 0 aliphatic carbocycles. The van der Waals surface area contributed by atoms with Crippen molar-refractivity contribution >= 4 is 22.0 Å². The Morgan fingerprint density at radius 2 is 1.47 bits per heavy atom. The number of carbonyl (C=O) groups excluding carboxylic acids is 1. The zero-order valence-electron chi connectivity index (χ0n) is 16.7. The van der Waals surface area contributed by atoms with Gasteiger partial charge in [0, 0.05) is 23.2 Å². The number of amides is 1. The first-order valence-corrected chi connectivity index (χ1v) is 9.85. The number of ether oxygens (including phenoxy) is 1. The summed E-state index contributed by atoms with van der Waals surface area (Å²) < 4.78 is 56.5. The molecule has 0 spiro atoms. The lowest BCUT2D eigenvalue weighted by atomic mass is 9.93. The van der Waals surface area contributed by atoms with E-state index in [4.69, 9.17) is 4.74 Å². The average Bonchev–Trinajstić information content (AvgIpc) is 2.96. The van der Waals surface area contributed by atoms with Crippen LogP contribution in [0.15, 0.2) is 40.9 Å². The molecule has 1 N–H and O–H groups in total. The van der Waals surface area contributed by atoms with Gasteiger partial charge in [0.2, 0.25) is 0 Å². The maximum Gasteiger partial charge on any atom is 0.410 e. The van der Waals surface area contributed by atoms with Gasteiger partial charge in [0.05, 0.1) is 6.54 Å². The van der Waals surface area contributed by atoms with Gasteiger partial charge < -0.3 is 14.7 Å². The smallest absolute Gasteiger partial charge is 0.410 e. The first kappa shape index (κ1) is 24.1. The van der Waals surface area contributed by atoms with Gasteiger partial charge in [-0.15, -0.1) is 0 Å². The molecule has 2 aromatic rings. The summed E-state index contributed by atoms with van der Waals surface area (Å²) in [4.78, 5) is 13.3. The van der Waals surface area contributed by atoms with Crippen molar-refractivity contribution in [2.24, 2.45) is 0 Å². The first-order chi connectivity index (χ1) is 13.8. The molecule has 0 bridgehead atoms. The van der Waals surface area contributed by atoms with Gasteiger partial charge in [-0.3, -0.25) is 0 Å². The summed E-state index contributed by atoms with van der Waals surface area (Å²) >= 11 is 2.93. The number of halogens is 5. The molecule has 4 nitrogen and oxygen atoms in total. The quantitative estimate of drug-likeness (QED) is 0.534. The van der Waals surface area contributed by atoms with Crippen molar-refractivity contribution < 1.29 is 32.2 Å². The van der Waals surface area contributed by atoms with E-state index in [9.17, 15) is 27.5 Å². The van der Waals surface area contributed by atoms with Gasteiger partial charge in [-0.2, -0.15) is 0 Å². The van der Waals surface area contributed by atoms with Crippen LogP contribution in [0.2, 0.25) is 0 Å². The lowest BCUT2D eigenvalue weighted by Crippen LogP contribution is -2.38. The molecule has 1 unspecified atom stereocenters. The SMILES string of the molecule is CC(C)(C)OC(=O)N1CCC(O)(c2cc(F)cc(F)c2)C1.Fc1cc(F)cc(Br)c1. The molecule has 0 radical (unpaired) electrons. The van der Waals surface area contributed by atoms with Crippen LogP contribution in [-0.4, -0.2) is 34.8 Å². The van der Waals surface area contributed by atoms with Crippen LogP contribution in [0.3, 0.4) is 0 Å². The van der Waals surface area contributed by atoms with E-state index in [0.717, 1.165) is 24.3 Å². The molecule has 1 saturated heterocycles. The second kappa shape index (κ2) is 9.34. The Bertz CT molecular complexity index is 849. The van der Waals surface area contributed by atoms with Crippen LogP contribution >= 0.6 is 15.9 Å². The van der Waals surface area contributed by atoms with E-state index >= 15 is 0 Å². The highest BCUT2D eigenvalue weighted by atomic mass is 79.9. The number of benzene rings is 2. The predicted molar refractivity (Wildman–Crippen MR) is 107 cm³/mol. The Morgan fingerprint density at radius 3 is 1.90 bits per heavy atom. The number of hydrogen-bond acceptors (Lipinski definition) is 3. The van der Waals surface area contributed by atoms with Gasteiger partial charge in [0.25, 0.3) is 0 Å². The van der Waals surface area contributed by atoms with E-state index in [1.807, 2.05) is 0 Å². The van der Waals surface area contributed by atoms with E-state index in [2.05, 4.69) is 15.9 Å². The van der Waals surface area contributed by atoms with Crippen LogP contribution in [-0.2, 0) is 10.3 Å². The second-order valence-corrected chi connectivity index (χ2v) is 8.84. The predicted octanol–water partition coefficient (Wildman–Crippen LogP) is 5.52. The summed E-state index contributed by atoms with van der Waals surface area (Å²) in [5.74, 6) is -2.65. The largest absolute Gasteiger partial charge is 0.444 e. The molecule has 1 atom stereocenters. The molecule has 2 aromatic carbocycles. The molecule has 3 rings (SSSR count). The van der Waals surface area contributed by atoms with Crippen LogP contribution in [0, 0.1) is 23.3 Å². The molecule has 0 aromatic heterocycles. The van der Waals surface area contributed by atoms with E-state index in [-0.39, 0.29) is 25.1 Å². The molecule has 1 amide bonds. The van der Waals surface area contributed by atoms with Gasteiger partial charge in [-0.1, -0.05) is 15.9 Å². The van der Waals surface area contributed by atoms with Gasteiger partial charge in [-0.05, 0) is 57.0 Å². The summed E-state index contributed by atoms with van der Waals surface area (Å²) in [5, 5.41) is 10.5. The molecule has 1 fully saturated rings. The monoisotopic (exact) mass is 491 g/mol. The molecule has 1 aliphatic heterocycles. The van der Waals surface area contributed by atoms with Crippen molar-refractivity contribution in [2.75, 3.05) is 13.1 Å². The van der Waals surface area contributed by atoms with Crippen molar-refractivity contribution in [3.8, 4) is 0 Å². The summed E-state index contributed by atoms with van der Waals surface area (Å²) in [7, 11) is 0. The Kier molecular flexibility index (Phi) is 7.52. The number of rotatable bonds is 1. The minimum Gasteiger partial charge on any atom is -0.444 e. The van der Waals surface area contributed by atoms with Gasteiger partial charge >= 0.3 is 6.09 Å². The summed E-state index contributed by atoms with van der Waals surface area (Å²) in [6.45, 7) is 5.45. The summed E-state index contributed by atoms with van der Waals surface area (Å²) in [5.41, 5.74) is -1.96. The molecular formula is C21H22BrF4NO3. The zero-order valence-corrected chi connectivity index (χ0v) is 18.3. The first-order valence-electron chi connectivity index (χ1n) is 9.06. The maximum absolute atomic E-state index is 13.3. The average molecular weight is 492 g/mol. The van der Waals surface area contributed by atoms with Crippen molar-refractivity contribution in [3.05, 3.63) is 69.7 Å². The molecule has 1 heterocycles. The van der Waals surface area contributed by atoms with E-state index in [1.165, 1.54) is 17.0 Å². The number of likely N-dealkylation sites (tertiary alicyclic amines) is 1. The van der Waals surface area contributed by atoms with Crippen LogP contribution < -0.4 is 0 Å². The van der Waals surface area contributed by atoms with E-state index in [0.29, 0.717) is 4.47 Å². The highest BCUT2D eigenvalue weighted by Crippen LogP contribution is 2.33. The van der Waals surface area contributed by atoms with Crippen LogP contribution in [0.1, 0.15) is 32.8 Å². The molecule has 30 heavy (non-hydrogen) atoms.